The highest BCUT2D eigenvalue weighted by atomic mass is 35.5. The summed E-state index contributed by atoms with van der Waals surface area (Å²) in [7, 11) is 0. The minimum atomic E-state index is 0. The van der Waals surface area contributed by atoms with E-state index in [1.165, 1.54) is 10.9 Å². The number of hydrogen-bond acceptors (Lipinski definition) is 2. The molecule has 0 aliphatic rings. The predicted octanol–water partition coefficient (Wildman–Crippen LogP) is 3.11. The van der Waals surface area contributed by atoms with E-state index in [4.69, 9.17) is 5.73 Å². The summed E-state index contributed by atoms with van der Waals surface area (Å²) in [5.41, 5.74) is 9.11. The van der Waals surface area contributed by atoms with Crippen molar-refractivity contribution in [2.45, 2.75) is 20.3 Å². The summed E-state index contributed by atoms with van der Waals surface area (Å²) >= 11 is 0. The van der Waals surface area contributed by atoms with Gasteiger partial charge in [0.2, 0.25) is 0 Å². The highest BCUT2D eigenvalue weighted by Crippen LogP contribution is 2.19. The van der Waals surface area contributed by atoms with E-state index in [-0.39, 0.29) is 12.4 Å². The molecular weight excluding hydrogens is 208 g/mol. The second kappa shape index (κ2) is 4.49. The summed E-state index contributed by atoms with van der Waals surface area (Å²) in [5, 5.41) is 1.18. The Morgan fingerprint density at radius 3 is 2.67 bits per heavy atom. The van der Waals surface area contributed by atoms with Gasteiger partial charge >= 0.3 is 0 Å². The zero-order chi connectivity index (χ0) is 10.1. The van der Waals surface area contributed by atoms with Crippen LogP contribution in [-0.4, -0.2) is 4.98 Å². The van der Waals surface area contributed by atoms with Gasteiger partial charge in [0.15, 0.2) is 0 Å². The predicted molar refractivity (Wildman–Crippen MR) is 67.5 cm³/mol. The first-order chi connectivity index (χ1) is 6.70. The minimum Gasteiger partial charge on any atom is -0.383 e. The van der Waals surface area contributed by atoms with Crippen molar-refractivity contribution in [1.29, 1.82) is 0 Å². The lowest BCUT2D eigenvalue weighted by Gasteiger charge is -2.04. The highest BCUT2D eigenvalue weighted by Gasteiger charge is 2.00. The van der Waals surface area contributed by atoms with Gasteiger partial charge in [-0.1, -0.05) is 13.0 Å². The Hall–Kier alpha value is -1.28. The number of hydrogen-bond donors (Lipinski definition) is 1. The fraction of sp³-hybridized carbons (Fsp3) is 0.250. The van der Waals surface area contributed by atoms with E-state index < -0.39 is 0 Å². The molecule has 0 saturated carbocycles. The van der Waals surface area contributed by atoms with Crippen LogP contribution in [0, 0.1) is 6.92 Å². The van der Waals surface area contributed by atoms with E-state index in [1.807, 2.05) is 13.0 Å². The summed E-state index contributed by atoms with van der Waals surface area (Å²) in [6, 6.07) is 8.40. The average Bonchev–Trinajstić information content (AvgIpc) is 2.19. The third-order valence-electron chi connectivity index (χ3n) is 2.52. The lowest BCUT2D eigenvalue weighted by atomic mass is 10.1. The van der Waals surface area contributed by atoms with Crippen LogP contribution < -0.4 is 5.73 Å². The number of aryl methyl sites for hydroxylation is 2. The van der Waals surface area contributed by atoms with E-state index in [0.717, 1.165) is 17.5 Å². The summed E-state index contributed by atoms with van der Waals surface area (Å²) < 4.78 is 0. The van der Waals surface area contributed by atoms with Crippen molar-refractivity contribution in [1.82, 2.24) is 4.98 Å². The molecule has 0 radical (unpaired) electrons. The van der Waals surface area contributed by atoms with Crippen LogP contribution in [0.5, 0.6) is 0 Å². The fourth-order valence-corrected chi connectivity index (χ4v) is 1.57. The molecule has 15 heavy (non-hydrogen) atoms. The smallest absolute Gasteiger partial charge is 0.127 e. The molecule has 2 N–H and O–H groups in total. The molecule has 0 unspecified atom stereocenters. The molecule has 3 heteroatoms. The fourth-order valence-electron chi connectivity index (χ4n) is 1.57. The lowest BCUT2D eigenvalue weighted by Crippen LogP contribution is -1.94. The summed E-state index contributed by atoms with van der Waals surface area (Å²) in [4.78, 5) is 4.33. The Balaban J connectivity index is 0.00000112. The normalized spacial score (nSPS) is 10.0. The first-order valence-corrected chi connectivity index (χ1v) is 4.86. The van der Waals surface area contributed by atoms with Crippen molar-refractivity contribution >= 4 is 29.1 Å². The van der Waals surface area contributed by atoms with E-state index in [1.54, 1.807) is 0 Å². The molecule has 1 aromatic heterocycles. The quantitative estimate of drug-likeness (QED) is 0.805. The molecule has 0 saturated heterocycles. The molecule has 0 aliphatic carbocycles. The number of halogens is 1. The van der Waals surface area contributed by atoms with Gasteiger partial charge in [-0.15, -0.1) is 12.4 Å². The Morgan fingerprint density at radius 1 is 1.27 bits per heavy atom. The second-order valence-electron chi connectivity index (χ2n) is 3.57. The Labute approximate surface area is 95.9 Å². The molecular formula is C12H15ClN2. The third kappa shape index (κ3) is 2.21. The molecule has 0 aliphatic heterocycles. The zero-order valence-electron chi connectivity index (χ0n) is 8.95. The van der Waals surface area contributed by atoms with E-state index >= 15 is 0 Å². The van der Waals surface area contributed by atoms with Crippen LogP contribution in [0.2, 0.25) is 0 Å². The van der Waals surface area contributed by atoms with Gasteiger partial charge in [0.1, 0.15) is 5.82 Å². The monoisotopic (exact) mass is 222 g/mol. The maximum Gasteiger partial charge on any atom is 0.127 e. The van der Waals surface area contributed by atoms with Crippen molar-refractivity contribution in [3.05, 3.63) is 35.4 Å². The van der Waals surface area contributed by atoms with Crippen molar-refractivity contribution in [2.75, 3.05) is 5.73 Å². The number of fused-ring (bicyclic) bond motifs is 1. The molecule has 2 rings (SSSR count). The molecule has 1 aromatic carbocycles. The molecule has 0 fully saturated rings. The molecule has 0 spiro atoms. The molecule has 80 valence electrons. The standard InChI is InChI=1S/C12H14N2.ClH/c1-3-9-4-5-11-10(7-9)6-8(2)12(13)14-11;/h4-7H,3H2,1-2H3,(H2,13,14);1H. The number of nitrogens with zero attached hydrogens (tertiary/aromatic N) is 1. The number of pyridine rings is 1. The van der Waals surface area contributed by atoms with Crippen molar-refractivity contribution < 1.29 is 0 Å². The summed E-state index contributed by atoms with van der Waals surface area (Å²) in [5.74, 6) is 0.627. The van der Waals surface area contributed by atoms with Gasteiger partial charge < -0.3 is 5.73 Å². The number of rotatable bonds is 1. The van der Waals surface area contributed by atoms with Crippen LogP contribution in [0.15, 0.2) is 24.3 Å². The summed E-state index contributed by atoms with van der Waals surface area (Å²) in [6.45, 7) is 4.14. The topological polar surface area (TPSA) is 38.9 Å². The number of benzene rings is 1. The van der Waals surface area contributed by atoms with Gasteiger partial charge in [-0.05, 0) is 42.7 Å². The van der Waals surface area contributed by atoms with E-state index in [0.29, 0.717) is 5.82 Å². The number of nitrogen functional groups attached to an aromatic ring is 1. The molecule has 0 atom stereocenters. The van der Waals surface area contributed by atoms with Crippen LogP contribution in [0.4, 0.5) is 5.82 Å². The van der Waals surface area contributed by atoms with Crippen LogP contribution >= 0.6 is 12.4 Å². The third-order valence-corrected chi connectivity index (χ3v) is 2.52. The number of aromatic nitrogens is 1. The minimum absolute atomic E-state index is 0. The van der Waals surface area contributed by atoms with Crippen molar-refractivity contribution in [2.24, 2.45) is 0 Å². The van der Waals surface area contributed by atoms with Crippen LogP contribution in [-0.2, 0) is 6.42 Å². The van der Waals surface area contributed by atoms with Gasteiger partial charge in [0, 0.05) is 5.39 Å². The Bertz CT molecular complexity index is 480. The van der Waals surface area contributed by atoms with E-state index in [9.17, 15) is 0 Å². The van der Waals surface area contributed by atoms with Crippen LogP contribution in [0.1, 0.15) is 18.1 Å². The molecule has 2 nitrogen and oxygen atoms in total. The number of nitrogens with two attached hydrogens (primary N) is 1. The first-order valence-electron chi connectivity index (χ1n) is 4.86. The van der Waals surface area contributed by atoms with Crippen LogP contribution in [0.25, 0.3) is 10.9 Å². The SMILES string of the molecule is CCc1ccc2nc(N)c(C)cc2c1.Cl. The van der Waals surface area contributed by atoms with Gasteiger partial charge in [0.25, 0.3) is 0 Å². The zero-order valence-corrected chi connectivity index (χ0v) is 9.77. The highest BCUT2D eigenvalue weighted by molar-refractivity contribution is 5.85. The Morgan fingerprint density at radius 2 is 2.00 bits per heavy atom. The summed E-state index contributed by atoms with van der Waals surface area (Å²) in [6.07, 6.45) is 1.05. The Kier molecular flexibility index (Phi) is 3.53. The maximum atomic E-state index is 5.75. The molecule has 0 amide bonds. The van der Waals surface area contributed by atoms with Crippen LogP contribution in [0.3, 0.4) is 0 Å². The van der Waals surface area contributed by atoms with E-state index in [2.05, 4.69) is 30.1 Å². The van der Waals surface area contributed by atoms with Gasteiger partial charge in [0.05, 0.1) is 5.52 Å². The lowest BCUT2D eigenvalue weighted by molar-refractivity contribution is 1.14. The maximum absolute atomic E-state index is 5.75. The molecule has 0 bridgehead atoms. The van der Waals surface area contributed by atoms with Gasteiger partial charge in [-0.25, -0.2) is 4.98 Å². The van der Waals surface area contributed by atoms with Gasteiger partial charge in [-0.3, -0.25) is 0 Å². The largest absolute Gasteiger partial charge is 0.383 e. The van der Waals surface area contributed by atoms with Crippen molar-refractivity contribution in [3.63, 3.8) is 0 Å². The second-order valence-corrected chi connectivity index (χ2v) is 3.57. The average molecular weight is 223 g/mol. The van der Waals surface area contributed by atoms with Gasteiger partial charge in [-0.2, -0.15) is 0 Å². The first kappa shape index (κ1) is 11.8. The number of anilines is 1. The molecule has 1 heterocycles. The van der Waals surface area contributed by atoms with Crippen molar-refractivity contribution in [3.8, 4) is 0 Å². The molecule has 2 aromatic rings.